The van der Waals surface area contributed by atoms with Gasteiger partial charge in [-0.05, 0) is 59.9 Å². The van der Waals surface area contributed by atoms with Gasteiger partial charge in [0.05, 0.1) is 12.7 Å². The largest absolute Gasteiger partial charge is 0.394 e. The summed E-state index contributed by atoms with van der Waals surface area (Å²) in [6, 6.07) is 14.1. The number of allylic oxidation sites excluding steroid dienone is 1. The van der Waals surface area contributed by atoms with E-state index in [1.165, 1.54) is 18.5 Å². The Kier molecular flexibility index (Phi) is 7.06. The van der Waals surface area contributed by atoms with E-state index in [0.717, 1.165) is 29.4 Å². The molecule has 0 radical (unpaired) electrons. The van der Waals surface area contributed by atoms with Crippen molar-refractivity contribution in [2.75, 3.05) is 31.1 Å². The summed E-state index contributed by atoms with van der Waals surface area (Å²) in [6.07, 6.45) is -0.233. The second-order valence-corrected chi connectivity index (χ2v) is 7.58. The number of benzene rings is 2. The molecule has 1 aliphatic rings. The molecule has 7 nitrogen and oxygen atoms in total. The van der Waals surface area contributed by atoms with E-state index in [1.54, 1.807) is 6.92 Å². The maximum absolute atomic E-state index is 12.4. The molecule has 2 unspecified atom stereocenters. The number of nitriles is 1. The summed E-state index contributed by atoms with van der Waals surface area (Å²) in [5, 5.41) is 41.9. The maximum atomic E-state index is 12.4. The van der Waals surface area contributed by atoms with E-state index in [4.69, 9.17) is 5.11 Å². The predicted octanol–water partition coefficient (Wildman–Crippen LogP) is 1.57. The Morgan fingerprint density at radius 1 is 1.13 bits per heavy atom. The lowest BCUT2D eigenvalue weighted by molar-refractivity contribution is -0.118. The molecule has 0 aromatic heterocycles. The van der Waals surface area contributed by atoms with Gasteiger partial charge < -0.3 is 25.5 Å². The van der Waals surface area contributed by atoms with Crippen LogP contribution in [0, 0.1) is 11.3 Å². The van der Waals surface area contributed by atoms with Crippen LogP contribution in [0.1, 0.15) is 25.3 Å². The van der Waals surface area contributed by atoms with Crippen molar-refractivity contribution < 1.29 is 20.1 Å². The fraction of sp³-hybridized carbons (Fsp3) is 0.391. The van der Waals surface area contributed by atoms with Gasteiger partial charge in [-0.3, -0.25) is 4.79 Å². The number of aliphatic hydroxyl groups is 3. The molecule has 158 valence electrons. The van der Waals surface area contributed by atoms with Crippen LogP contribution in [-0.2, 0) is 4.79 Å². The first-order valence-corrected chi connectivity index (χ1v) is 10.1. The fourth-order valence-corrected chi connectivity index (χ4v) is 3.63. The molecular formula is C23H27N3O4. The third-order valence-corrected chi connectivity index (χ3v) is 5.54. The normalized spacial score (nSPS) is 16.7. The van der Waals surface area contributed by atoms with Crippen molar-refractivity contribution in [1.29, 1.82) is 5.26 Å². The van der Waals surface area contributed by atoms with Crippen molar-refractivity contribution in [1.82, 2.24) is 5.32 Å². The standard InChI is InChI=1S/C23H27N3O4/c1-15(20(12-24)23(30)25-13-21(28)22(29)14-27)16-4-5-18-11-19(7-6-17(18)10-16)26-8-2-3-9-26/h4-7,10-11,21-22,27-29H,2-3,8-9,13-14H2,1H3,(H,25,30)/b20-15+. The molecule has 0 aliphatic carbocycles. The number of carbonyl (C=O) groups is 1. The number of aliphatic hydroxyl groups excluding tert-OH is 3. The third-order valence-electron chi connectivity index (χ3n) is 5.54. The van der Waals surface area contributed by atoms with Crippen molar-refractivity contribution in [3.63, 3.8) is 0 Å². The lowest BCUT2D eigenvalue weighted by Gasteiger charge is -2.18. The highest BCUT2D eigenvalue weighted by Gasteiger charge is 2.19. The molecule has 1 fully saturated rings. The van der Waals surface area contributed by atoms with Crippen LogP contribution in [0.2, 0.25) is 0 Å². The number of anilines is 1. The van der Waals surface area contributed by atoms with Crippen LogP contribution in [0.25, 0.3) is 16.3 Å². The highest BCUT2D eigenvalue weighted by atomic mass is 16.4. The number of hydrogen-bond donors (Lipinski definition) is 4. The van der Waals surface area contributed by atoms with Crippen LogP contribution >= 0.6 is 0 Å². The molecule has 1 amide bonds. The average molecular weight is 409 g/mol. The van der Waals surface area contributed by atoms with E-state index in [9.17, 15) is 20.3 Å². The maximum Gasteiger partial charge on any atom is 0.262 e. The molecule has 1 saturated heterocycles. The average Bonchev–Trinajstić information content (AvgIpc) is 3.31. The molecular weight excluding hydrogens is 382 g/mol. The smallest absolute Gasteiger partial charge is 0.262 e. The quantitative estimate of drug-likeness (QED) is 0.407. The summed E-state index contributed by atoms with van der Waals surface area (Å²) in [4.78, 5) is 14.8. The van der Waals surface area contributed by atoms with E-state index in [0.29, 0.717) is 5.57 Å². The number of carbonyl (C=O) groups excluding carboxylic acids is 1. The minimum Gasteiger partial charge on any atom is -0.394 e. The van der Waals surface area contributed by atoms with E-state index in [1.807, 2.05) is 24.3 Å². The van der Waals surface area contributed by atoms with Crippen molar-refractivity contribution in [3.8, 4) is 6.07 Å². The Morgan fingerprint density at radius 3 is 2.47 bits per heavy atom. The Balaban J connectivity index is 1.81. The molecule has 2 aromatic carbocycles. The molecule has 0 spiro atoms. The minimum absolute atomic E-state index is 0.0614. The minimum atomic E-state index is -1.35. The summed E-state index contributed by atoms with van der Waals surface area (Å²) in [5.41, 5.74) is 2.44. The number of nitrogens with zero attached hydrogens (tertiary/aromatic N) is 2. The molecule has 0 saturated carbocycles. The molecule has 1 heterocycles. The van der Waals surface area contributed by atoms with Crippen LogP contribution < -0.4 is 10.2 Å². The molecule has 1 aliphatic heterocycles. The Bertz CT molecular complexity index is 990. The first-order valence-electron chi connectivity index (χ1n) is 10.1. The lowest BCUT2D eigenvalue weighted by atomic mass is 9.98. The van der Waals surface area contributed by atoms with Gasteiger partial charge in [-0.1, -0.05) is 18.2 Å². The van der Waals surface area contributed by atoms with Crippen molar-refractivity contribution in [3.05, 3.63) is 47.5 Å². The summed E-state index contributed by atoms with van der Waals surface area (Å²) >= 11 is 0. The van der Waals surface area contributed by atoms with Gasteiger partial charge in [0.25, 0.3) is 5.91 Å². The highest BCUT2D eigenvalue weighted by molar-refractivity contribution is 6.05. The molecule has 4 N–H and O–H groups in total. The van der Waals surface area contributed by atoms with Crippen molar-refractivity contribution in [2.24, 2.45) is 0 Å². The fourth-order valence-electron chi connectivity index (χ4n) is 3.63. The number of nitrogens with one attached hydrogen (secondary N) is 1. The molecule has 2 aromatic rings. The van der Waals surface area contributed by atoms with Gasteiger partial charge >= 0.3 is 0 Å². The Hall–Kier alpha value is -2.92. The zero-order chi connectivity index (χ0) is 21.7. The molecule has 0 bridgehead atoms. The summed E-state index contributed by atoms with van der Waals surface area (Å²) in [7, 11) is 0. The number of hydrogen-bond acceptors (Lipinski definition) is 6. The topological polar surface area (TPSA) is 117 Å². The van der Waals surface area contributed by atoms with Gasteiger partial charge in [0.15, 0.2) is 0 Å². The Morgan fingerprint density at radius 2 is 1.80 bits per heavy atom. The van der Waals surface area contributed by atoms with Crippen molar-refractivity contribution >= 4 is 27.9 Å². The summed E-state index contributed by atoms with van der Waals surface area (Å²) in [5.74, 6) is -0.635. The van der Waals surface area contributed by atoms with Crippen LogP contribution in [0.15, 0.2) is 42.0 Å². The number of rotatable bonds is 7. The third kappa shape index (κ3) is 4.79. The van der Waals surface area contributed by atoms with Crippen LogP contribution in [0.4, 0.5) is 5.69 Å². The SMILES string of the molecule is C/C(=C(/C#N)C(=O)NCC(O)C(O)CO)c1ccc2cc(N3CCCC3)ccc2c1. The zero-order valence-electron chi connectivity index (χ0n) is 17.0. The monoisotopic (exact) mass is 409 g/mol. The number of amides is 1. The summed E-state index contributed by atoms with van der Waals surface area (Å²) in [6.45, 7) is 2.98. The second kappa shape index (κ2) is 9.72. The van der Waals surface area contributed by atoms with Gasteiger partial charge in [-0.2, -0.15) is 5.26 Å². The highest BCUT2D eigenvalue weighted by Crippen LogP contribution is 2.28. The van der Waals surface area contributed by atoms with Gasteiger partial charge in [0, 0.05) is 25.3 Å². The van der Waals surface area contributed by atoms with Gasteiger partial charge in [-0.25, -0.2) is 0 Å². The lowest BCUT2D eigenvalue weighted by Crippen LogP contribution is -2.41. The first-order chi connectivity index (χ1) is 14.4. The number of fused-ring (bicyclic) bond motifs is 1. The van der Waals surface area contributed by atoms with Crippen LogP contribution in [0.3, 0.4) is 0 Å². The van der Waals surface area contributed by atoms with E-state index in [-0.39, 0.29) is 12.1 Å². The van der Waals surface area contributed by atoms with Gasteiger partial charge in [0.2, 0.25) is 0 Å². The van der Waals surface area contributed by atoms with Crippen LogP contribution in [0.5, 0.6) is 0 Å². The van der Waals surface area contributed by atoms with Crippen LogP contribution in [-0.4, -0.2) is 59.7 Å². The molecule has 30 heavy (non-hydrogen) atoms. The van der Waals surface area contributed by atoms with Gasteiger partial charge in [0.1, 0.15) is 17.7 Å². The summed E-state index contributed by atoms with van der Waals surface area (Å²) < 4.78 is 0. The molecule has 7 heteroatoms. The Labute approximate surface area is 175 Å². The van der Waals surface area contributed by atoms with E-state index in [2.05, 4.69) is 28.4 Å². The zero-order valence-corrected chi connectivity index (χ0v) is 17.0. The molecule has 3 rings (SSSR count). The van der Waals surface area contributed by atoms with Crippen molar-refractivity contribution in [2.45, 2.75) is 32.0 Å². The second-order valence-electron chi connectivity index (χ2n) is 7.58. The van der Waals surface area contributed by atoms with Gasteiger partial charge in [-0.15, -0.1) is 0 Å². The first kappa shape index (κ1) is 21.8. The van der Waals surface area contributed by atoms with E-state index >= 15 is 0 Å². The van der Waals surface area contributed by atoms with E-state index < -0.39 is 24.7 Å². The predicted molar refractivity (Wildman–Crippen MR) is 116 cm³/mol. The molecule has 2 atom stereocenters.